The highest BCUT2D eigenvalue weighted by Crippen LogP contribution is 2.18. The molecule has 0 aliphatic rings. The number of hydrogen-bond donors (Lipinski definition) is 2. The largest absolute Gasteiger partial charge is 0.445 e. The van der Waals surface area contributed by atoms with Crippen LogP contribution in [0.5, 0.6) is 0 Å². The van der Waals surface area contributed by atoms with Crippen LogP contribution in [0.15, 0.2) is 42.6 Å². The topological polar surface area (TPSA) is 120 Å². The fourth-order valence-corrected chi connectivity index (χ4v) is 1.72. The number of ether oxygens (including phenoxy) is 1. The summed E-state index contributed by atoms with van der Waals surface area (Å²) in [6.07, 6.45) is 0.720. The summed E-state index contributed by atoms with van der Waals surface area (Å²) in [6, 6.07) is 10.5. The van der Waals surface area contributed by atoms with Crippen molar-refractivity contribution in [2.45, 2.75) is 6.61 Å². The van der Waals surface area contributed by atoms with E-state index in [-0.39, 0.29) is 24.7 Å². The van der Waals surface area contributed by atoms with Crippen LogP contribution in [0.4, 0.5) is 16.3 Å². The first-order valence-corrected chi connectivity index (χ1v) is 6.89. The molecular formula is C16H14N4O4. The Labute approximate surface area is 137 Å². The molecule has 0 radical (unpaired) electrons. The van der Waals surface area contributed by atoms with Crippen molar-refractivity contribution in [3.63, 3.8) is 0 Å². The summed E-state index contributed by atoms with van der Waals surface area (Å²) in [7, 11) is 0. The van der Waals surface area contributed by atoms with Gasteiger partial charge in [-0.1, -0.05) is 42.2 Å². The van der Waals surface area contributed by atoms with Gasteiger partial charge in [0.1, 0.15) is 6.61 Å². The number of carbonyl (C=O) groups is 1. The Kier molecular flexibility index (Phi) is 5.69. The van der Waals surface area contributed by atoms with Crippen LogP contribution in [-0.2, 0) is 11.3 Å². The summed E-state index contributed by atoms with van der Waals surface area (Å²) < 4.78 is 5.01. The van der Waals surface area contributed by atoms with Gasteiger partial charge in [-0.15, -0.1) is 0 Å². The molecule has 1 aromatic carbocycles. The molecular weight excluding hydrogens is 312 g/mol. The van der Waals surface area contributed by atoms with Gasteiger partial charge in [-0.25, -0.2) is 9.78 Å². The number of nitrogen functional groups attached to an aromatic ring is 1. The second-order valence-electron chi connectivity index (χ2n) is 4.60. The van der Waals surface area contributed by atoms with Gasteiger partial charge in [-0.05, 0) is 5.56 Å². The Bertz CT molecular complexity index is 797. The molecule has 0 bridgehead atoms. The minimum atomic E-state index is -0.632. The second kappa shape index (κ2) is 8.14. The standard InChI is InChI=1S/C16H14N4O4/c17-15-14(20(22)23)9-13(10-19-15)7-4-8-18-16(21)24-11-12-5-2-1-3-6-12/h1-3,5-6,9-10H,8,11H2,(H2,17,19)(H,18,21). The van der Waals surface area contributed by atoms with E-state index in [0.717, 1.165) is 5.56 Å². The number of benzene rings is 1. The zero-order valence-corrected chi connectivity index (χ0v) is 12.6. The van der Waals surface area contributed by atoms with Crippen molar-refractivity contribution in [1.29, 1.82) is 0 Å². The van der Waals surface area contributed by atoms with Crippen LogP contribution in [0.2, 0.25) is 0 Å². The Morgan fingerprint density at radius 1 is 1.38 bits per heavy atom. The van der Waals surface area contributed by atoms with Crippen molar-refractivity contribution >= 4 is 17.6 Å². The molecule has 0 atom stereocenters. The molecule has 1 heterocycles. The molecule has 2 aromatic rings. The number of hydrogen-bond acceptors (Lipinski definition) is 6. The van der Waals surface area contributed by atoms with Crippen molar-refractivity contribution in [3.8, 4) is 11.8 Å². The molecule has 8 nitrogen and oxygen atoms in total. The molecule has 0 spiro atoms. The summed E-state index contributed by atoms with van der Waals surface area (Å²) in [5.74, 6) is 5.13. The number of aromatic nitrogens is 1. The molecule has 0 saturated heterocycles. The van der Waals surface area contributed by atoms with Crippen molar-refractivity contribution in [3.05, 3.63) is 63.8 Å². The maximum atomic E-state index is 11.5. The van der Waals surface area contributed by atoms with Gasteiger partial charge in [0.2, 0.25) is 5.82 Å². The number of alkyl carbamates (subject to hydrolysis) is 1. The van der Waals surface area contributed by atoms with E-state index in [9.17, 15) is 14.9 Å². The molecule has 1 amide bonds. The minimum Gasteiger partial charge on any atom is -0.445 e. The number of rotatable bonds is 4. The normalized spacial score (nSPS) is 9.50. The molecule has 24 heavy (non-hydrogen) atoms. The highest BCUT2D eigenvalue weighted by atomic mass is 16.6. The van der Waals surface area contributed by atoms with Gasteiger partial charge in [-0.2, -0.15) is 0 Å². The van der Waals surface area contributed by atoms with E-state index >= 15 is 0 Å². The number of nitro groups is 1. The predicted octanol–water partition coefficient (Wildman–Crippen LogP) is 1.85. The summed E-state index contributed by atoms with van der Waals surface area (Å²) in [5.41, 5.74) is 6.29. The van der Waals surface area contributed by atoms with Gasteiger partial charge in [0, 0.05) is 17.8 Å². The highest BCUT2D eigenvalue weighted by molar-refractivity contribution is 5.67. The van der Waals surface area contributed by atoms with Crippen LogP contribution in [0.1, 0.15) is 11.1 Å². The van der Waals surface area contributed by atoms with Crippen molar-refractivity contribution < 1.29 is 14.5 Å². The SMILES string of the molecule is Nc1ncc(C#CCNC(=O)OCc2ccccc2)cc1[N+](=O)[O-]. The molecule has 2 rings (SSSR count). The number of nitrogens with one attached hydrogen (secondary N) is 1. The lowest BCUT2D eigenvalue weighted by Crippen LogP contribution is -2.24. The summed E-state index contributed by atoms with van der Waals surface area (Å²) in [4.78, 5) is 25.3. The first-order chi connectivity index (χ1) is 11.6. The van der Waals surface area contributed by atoms with Crippen molar-refractivity contribution in [2.24, 2.45) is 0 Å². The highest BCUT2D eigenvalue weighted by Gasteiger charge is 2.12. The number of nitrogens with two attached hydrogens (primary N) is 1. The van der Waals surface area contributed by atoms with Gasteiger partial charge in [0.15, 0.2) is 0 Å². The van der Waals surface area contributed by atoms with E-state index in [1.54, 1.807) is 0 Å². The first kappa shape index (κ1) is 16.8. The Hall–Kier alpha value is -3.60. The van der Waals surface area contributed by atoms with E-state index in [0.29, 0.717) is 5.56 Å². The molecule has 1 aromatic heterocycles. The zero-order valence-electron chi connectivity index (χ0n) is 12.6. The number of nitrogens with zero attached hydrogens (tertiary/aromatic N) is 2. The van der Waals surface area contributed by atoms with Crippen molar-refractivity contribution in [1.82, 2.24) is 10.3 Å². The Morgan fingerprint density at radius 3 is 2.83 bits per heavy atom. The third-order valence-electron chi connectivity index (χ3n) is 2.86. The van der Waals surface area contributed by atoms with Gasteiger partial charge in [0.05, 0.1) is 11.5 Å². The predicted molar refractivity (Wildman–Crippen MR) is 86.8 cm³/mol. The smallest absolute Gasteiger partial charge is 0.408 e. The monoisotopic (exact) mass is 326 g/mol. The second-order valence-corrected chi connectivity index (χ2v) is 4.60. The van der Waals surface area contributed by atoms with Gasteiger partial charge >= 0.3 is 11.8 Å². The number of pyridine rings is 1. The van der Waals surface area contributed by atoms with Crippen LogP contribution in [-0.4, -0.2) is 22.5 Å². The van der Waals surface area contributed by atoms with Crippen LogP contribution in [0.3, 0.4) is 0 Å². The average Bonchev–Trinajstić information content (AvgIpc) is 2.59. The molecule has 0 aliphatic carbocycles. The van der Waals surface area contributed by atoms with Crippen LogP contribution < -0.4 is 11.1 Å². The van der Waals surface area contributed by atoms with E-state index < -0.39 is 11.0 Å². The number of anilines is 1. The molecule has 3 N–H and O–H groups in total. The number of amides is 1. The van der Waals surface area contributed by atoms with Gasteiger partial charge in [0.25, 0.3) is 0 Å². The Balaban J connectivity index is 1.82. The molecule has 0 saturated carbocycles. The first-order valence-electron chi connectivity index (χ1n) is 6.89. The minimum absolute atomic E-state index is 0.0335. The van der Waals surface area contributed by atoms with E-state index in [2.05, 4.69) is 22.1 Å². The maximum Gasteiger partial charge on any atom is 0.408 e. The maximum absolute atomic E-state index is 11.5. The van der Waals surface area contributed by atoms with Crippen molar-refractivity contribution in [2.75, 3.05) is 12.3 Å². The Morgan fingerprint density at radius 2 is 2.12 bits per heavy atom. The quantitative estimate of drug-likeness (QED) is 0.502. The fourth-order valence-electron chi connectivity index (χ4n) is 1.72. The van der Waals surface area contributed by atoms with Gasteiger partial charge < -0.3 is 15.8 Å². The molecule has 0 aliphatic heterocycles. The summed E-state index contributed by atoms with van der Waals surface area (Å²) in [6.45, 7) is 0.194. The summed E-state index contributed by atoms with van der Waals surface area (Å²) >= 11 is 0. The van der Waals surface area contributed by atoms with Crippen LogP contribution in [0, 0.1) is 22.0 Å². The van der Waals surface area contributed by atoms with Gasteiger partial charge in [-0.3, -0.25) is 10.1 Å². The summed E-state index contributed by atoms with van der Waals surface area (Å²) in [5, 5.41) is 13.2. The molecule has 0 fully saturated rings. The molecule has 122 valence electrons. The van der Waals surface area contributed by atoms with E-state index in [1.165, 1.54) is 12.3 Å². The average molecular weight is 326 g/mol. The van der Waals surface area contributed by atoms with E-state index in [4.69, 9.17) is 10.5 Å². The van der Waals surface area contributed by atoms with E-state index in [1.807, 2.05) is 30.3 Å². The lowest BCUT2D eigenvalue weighted by atomic mass is 10.2. The third-order valence-corrected chi connectivity index (χ3v) is 2.86. The lowest BCUT2D eigenvalue weighted by molar-refractivity contribution is -0.384. The molecule has 0 unspecified atom stereocenters. The zero-order chi connectivity index (χ0) is 17.4. The third kappa shape index (κ3) is 4.99. The fraction of sp³-hybridized carbons (Fsp3) is 0.125. The lowest BCUT2D eigenvalue weighted by Gasteiger charge is -2.04. The van der Waals surface area contributed by atoms with Crippen LogP contribution in [0.25, 0.3) is 0 Å². The molecule has 8 heteroatoms. The van der Waals surface area contributed by atoms with Crippen LogP contribution >= 0.6 is 0 Å². The number of carbonyl (C=O) groups excluding carboxylic acids is 1.